The Kier molecular flexibility index (Phi) is 6.94. The van der Waals surface area contributed by atoms with Gasteiger partial charge in [0.05, 0.1) is 22.4 Å². The standard InChI is InChI=1S/C54H35N5O2/c1-54(2)40-20-10-9-19-36(40)37-30-39-38-27-34(35-28-48-50-49(29-35)61-47-24-14-12-22-44(47)58(50)43-21-11-13-23-46(43)60-48)25-26-42(38)59(45(39)31-41(37)54)53-56-51(32-15-5-3-6-16-32)55-52(57-53)33-17-7-4-8-18-33/h3-31H,1-2H3. The van der Waals surface area contributed by atoms with Gasteiger partial charge in [-0.25, -0.2) is 4.98 Å². The van der Waals surface area contributed by atoms with Crippen molar-refractivity contribution in [3.05, 3.63) is 187 Å². The average molecular weight is 786 g/mol. The van der Waals surface area contributed by atoms with E-state index in [1.54, 1.807) is 0 Å². The lowest BCUT2D eigenvalue weighted by molar-refractivity contribution is 0.446. The van der Waals surface area contributed by atoms with E-state index in [1.807, 2.05) is 97.1 Å². The van der Waals surface area contributed by atoms with Crippen molar-refractivity contribution in [2.24, 2.45) is 0 Å². The van der Waals surface area contributed by atoms with Gasteiger partial charge < -0.3 is 9.47 Å². The van der Waals surface area contributed by atoms with Crippen LogP contribution in [0.5, 0.6) is 23.0 Å². The van der Waals surface area contributed by atoms with E-state index in [2.05, 4.69) is 102 Å². The Morgan fingerprint density at radius 1 is 0.426 bits per heavy atom. The number of anilines is 3. The summed E-state index contributed by atoms with van der Waals surface area (Å²) in [5.41, 5.74) is 13.7. The minimum absolute atomic E-state index is 0.203. The molecule has 288 valence electrons. The Balaban J connectivity index is 1.06. The second-order valence-corrected chi connectivity index (χ2v) is 16.5. The second kappa shape index (κ2) is 12.5. The molecular formula is C54H35N5O2. The van der Waals surface area contributed by atoms with Crippen LogP contribution in [0, 0.1) is 0 Å². The Labute approximate surface area is 351 Å². The zero-order chi connectivity index (χ0) is 40.4. The lowest BCUT2D eigenvalue weighted by Crippen LogP contribution is -2.20. The zero-order valence-electron chi connectivity index (χ0n) is 33.3. The molecule has 2 aromatic heterocycles. The third-order valence-corrected chi connectivity index (χ3v) is 12.6. The zero-order valence-corrected chi connectivity index (χ0v) is 33.3. The number of para-hydroxylation sites is 4. The molecule has 7 nitrogen and oxygen atoms in total. The number of ether oxygens (including phenoxy) is 2. The van der Waals surface area contributed by atoms with Gasteiger partial charge in [0.15, 0.2) is 34.6 Å². The Hall–Kier alpha value is -8.03. The quantitative estimate of drug-likeness (QED) is 0.177. The fourth-order valence-electron chi connectivity index (χ4n) is 9.69. The maximum atomic E-state index is 6.67. The molecule has 0 radical (unpaired) electrons. The molecule has 0 spiro atoms. The summed E-state index contributed by atoms with van der Waals surface area (Å²) in [6, 6.07) is 61.2. The second-order valence-electron chi connectivity index (χ2n) is 16.5. The van der Waals surface area contributed by atoms with E-state index in [4.69, 9.17) is 24.4 Å². The molecule has 2 aliphatic heterocycles. The summed E-state index contributed by atoms with van der Waals surface area (Å²) >= 11 is 0. The van der Waals surface area contributed by atoms with Gasteiger partial charge in [-0.15, -0.1) is 0 Å². The van der Waals surface area contributed by atoms with Crippen molar-refractivity contribution in [2.45, 2.75) is 19.3 Å². The molecule has 8 aromatic carbocycles. The Morgan fingerprint density at radius 2 is 1.00 bits per heavy atom. The highest BCUT2D eigenvalue weighted by molar-refractivity contribution is 6.12. The molecule has 0 atom stereocenters. The van der Waals surface area contributed by atoms with Gasteiger partial charge in [0.1, 0.15) is 5.69 Å². The van der Waals surface area contributed by atoms with Gasteiger partial charge in [0, 0.05) is 27.3 Å². The molecule has 0 saturated carbocycles. The van der Waals surface area contributed by atoms with E-state index < -0.39 is 0 Å². The highest BCUT2D eigenvalue weighted by Crippen LogP contribution is 2.60. The normalized spacial score (nSPS) is 13.8. The van der Waals surface area contributed by atoms with Crippen molar-refractivity contribution in [2.75, 3.05) is 4.90 Å². The average Bonchev–Trinajstić information content (AvgIpc) is 3.75. The topological polar surface area (TPSA) is 65.3 Å². The van der Waals surface area contributed by atoms with Crippen molar-refractivity contribution in [3.8, 4) is 74.0 Å². The lowest BCUT2D eigenvalue weighted by Gasteiger charge is -2.38. The summed E-state index contributed by atoms with van der Waals surface area (Å²) in [5.74, 6) is 4.88. The predicted molar refractivity (Wildman–Crippen MR) is 243 cm³/mol. The number of hydrogen-bond acceptors (Lipinski definition) is 6. The molecular weight excluding hydrogens is 751 g/mol. The van der Waals surface area contributed by atoms with E-state index in [0.717, 1.165) is 84.1 Å². The molecule has 0 bridgehead atoms. The van der Waals surface area contributed by atoms with Crippen LogP contribution in [-0.4, -0.2) is 19.5 Å². The molecule has 0 N–H and O–H groups in total. The van der Waals surface area contributed by atoms with Crippen LogP contribution in [0.2, 0.25) is 0 Å². The minimum Gasteiger partial charge on any atom is -0.453 e. The first kappa shape index (κ1) is 33.9. The third-order valence-electron chi connectivity index (χ3n) is 12.6. The summed E-state index contributed by atoms with van der Waals surface area (Å²) in [5, 5.41) is 2.21. The summed E-state index contributed by atoms with van der Waals surface area (Å²) in [4.78, 5) is 17.8. The van der Waals surface area contributed by atoms with Crippen LogP contribution >= 0.6 is 0 Å². The van der Waals surface area contributed by atoms with Crippen molar-refractivity contribution < 1.29 is 9.47 Å². The van der Waals surface area contributed by atoms with Crippen LogP contribution in [0.3, 0.4) is 0 Å². The third kappa shape index (κ3) is 4.95. The van der Waals surface area contributed by atoms with Crippen molar-refractivity contribution in [1.82, 2.24) is 19.5 Å². The van der Waals surface area contributed by atoms with Crippen molar-refractivity contribution in [1.29, 1.82) is 0 Å². The monoisotopic (exact) mass is 785 g/mol. The maximum absolute atomic E-state index is 6.67. The van der Waals surface area contributed by atoms with E-state index >= 15 is 0 Å². The van der Waals surface area contributed by atoms with Crippen LogP contribution < -0.4 is 14.4 Å². The number of fused-ring (bicyclic) bond motifs is 10. The molecule has 13 rings (SSSR count). The van der Waals surface area contributed by atoms with E-state index in [0.29, 0.717) is 17.6 Å². The number of nitrogens with zero attached hydrogens (tertiary/aromatic N) is 5. The largest absolute Gasteiger partial charge is 0.453 e. The maximum Gasteiger partial charge on any atom is 0.238 e. The van der Waals surface area contributed by atoms with E-state index in [9.17, 15) is 0 Å². The molecule has 3 aliphatic rings. The van der Waals surface area contributed by atoms with Crippen molar-refractivity contribution >= 4 is 38.9 Å². The van der Waals surface area contributed by atoms with Crippen LogP contribution in [-0.2, 0) is 5.41 Å². The first-order valence-electron chi connectivity index (χ1n) is 20.6. The van der Waals surface area contributed by atoms with Crippen LogP contribution in [0.15, 0.2) is 176 Å². The lowest BCUT2D eigenvalue weighted by atomic mass is 9.82. The molecule has 4 heterocycles. The fourth-order valence-corrected chi connectivity index (χ4v) is 9.69. The molecule has 10 aromatic rings. The first-order chi connectivity index (χ1) is 30.0. The van der Waals surface area contributed by atoms with Gasteiger partial charge in [-0.3, -0.25) is 9.47 Å². The molecule has 7 heteroatoms. The molecule has 61 heavy (non-hydrogen) atoms. The van der Waals surface area contributed by atoms with Crippen LogP contribution in [0.1, 0.15) is 25.0 Å². The molecule has 0 saturated heterocycles. The smallest absolute Gasteiger partial charge is 0.238 e. The number of hydrogen-bond donors (Lipinski definition) is 0. The summed E-state index contributed by atoms with van der Waals surface area (Å²) in [7, 11) is 0. The highest BCUT2D eigenvalue weighted by Gasteiger charge is 2.37. The van der Waals surface area contributed by atoms with E-state index in [1.165, 1.54) is 22.3 Å². The Morgan fingerprint density at radius 3 is 1.66 bits per heavy atom. The Bertz CT molecular complexity index is 3340. The van der Waals surface area contributed by atoms with Crippen molar-refractivity contribution in [3.63, 3.8) is 0 Å². The van der Waals surface area contributed by atoms with Gasteiger partial charge in [-0.05, 0) is 94.0 Å². The van der Waals surface area contributed by atoms with Gasteiger partial charge in [0.25, 0.3) is 0 Å². The number of aromatic nitrogens is 4. The van der Waals surface area contributed by atoms with Crippen LogP contribution in [0.4, 0.5) is 17.1 Å². The summed E-state index contributed by atoms with van der Waals surface area (Å²) in [6.07, 6.45) is 0. The van der Waals surface area contributed by atoms with Gasteiger partial charge in [-0.1, -0.05) is 129 Å². The predicted octanol–water partition coefficient (Wildman–Crippen LogP) is 14.0. The van der Waals surface area contributed by atoms with Gasteiger partial charge >= 0.3 is 0 Å². The highest BCUT2D eigenvalue weighted by atomic mass is 16.5. The first-order valence-corrected chi connectivity index (χ1v) is 20.6. The summed E-state index contributed by atoms with van der Waals surface area (Å²) in [6.45, 7) is 4.65. The van der Waals surface area contributed by atoms with E-state index in [-0.39, 0.29) is 5.41 Å². The van der Waals surface area contributed by atoms with Gasteiger partial charge in [0.2, 0.25) is 5.95 Å². The number of rotatable bonds is 4. The SMILES string of the molecule is CC1(C)c2ccccc2-c2cc3c4cc(-c5cc6c7c(c5)Oc5ccccc5N7c5ccccc5O6)ccc4n(-c4nc(-c5ccccc5)nc(-c5ccccc5)n4)c3cc21. The molecule has 0 unspecified atom stereocenters. The molecule has 0 amide bonds. The number of benzene rings is 8. The molecule has 0 fully saturated rings. The van der Waals surface area contributed by atoms with Gasteiger partial charge in [-0.2, -0.15) is 9.97 Å². The fraction of sp³-hybridized carbons (Fsp3) is 0.0556. The minimum atomic E-state index is -0.203. The van der Waals surface area contributed by atoms with Crippen LogP contribution in [0.25, 0.3) is 72.8 Å². The molecule has 1 aliphatic carbocycles. The summed E-state index contributed by atoms with van der Waals surface area (Å²) < 4.78 is 15.6.